The van der Waals surface area contributed by atoms with Crippen molar-refractivity contribution in [1.29, 1.82) is 0 Å². The first-order valence-electron chi connectivity index (χ1n) is 6.66. The van der Waals surface area contributed by atoms with Crippen LogP contribution in [-0.2, 0) is 6.42 Å². The Morgan fingerprint density at radius 2 is 1.86 bits per heavy atom. The van der Waals surface area contributed by atoms with Gasteiger partial charge in [0.05, 0.1) is 0 Å². The van der Waals surface area contributed by atoms with Crippen molar-refractivity contribution < 1.29 is 13.9 Å². The van der Waals surface area contributed by atoms with Crippen LogP contribution in [0.15, 0.2) is 59.0 Å². The van der Waals surface area contributed by atoms with E-state index in [1.54, 1.807) is 24.3 Å². The molecule has 0 saturated carbocycles. The van der Waals surface area contributed by atoms with E-state index in [1.807, 2.05) is 30.3 Å². The molecular formula is C16H14N2O3. The number of amides is 1. The summed E-state index contributed by atoms with van der Waals surface area (Å²) in [5.74, 6) is 1.10. The Morgan fingerprint density at radius 1 is 1.10 bits per heavy atom. The zero-order valence-electron chi connectivity index (χ0n) is 11.3. The average molecular weight is 282 g/mol. The second-order valence-electron chi connectivity index (χ2n) is 4.45. The topological polar surface area (TPSA) is 64.4 Å². The van der Waals surface area contributed by atoms with Crippen molar-refractivity contribution in [2.75, 3.05) is 6.54 Å². The summed E-state index contributed by atoms with van der Waals surface area (Å²) >= 11 is 0. The maximum absolute atomic E-state index is 11.6. The molecule has 0 saturated heterocycles. The third-order valence-corrected chi connectivity index (χ3v) is 2.90. The molecule has 1 amide bonds. The van der Waals surface area contributed by atoms with Crippen molar-refractivity contribution >= 4 is 17.2 Å². The number of ether oxygens (including phenoxy) is 1. The highest BCUT2D eigenvalue weighted by atomic mass is 16.6. The van der Waals surface area contributed by atoms with Crippen LogP contribution in [0, 0.1) is 0 Å². The fourth-order valence-corrected chi connectivity index (χ4v) is 1.93. The summed E-state index contributed by atoms with van der Waals surface area (Å²) in [5.41, 5.74) is 1.57. The largest absolute Gasteiger partial charge is 0.441 e. The van der Waals surface area contributed by atoms with Gasteiger partial charge in [-0.1, -0.05) is 30.3 Å². The van der Waals surface area contributed by atoms with Crippen LogP contribution in [0.25, 0.3) is 11.1 Å². The van der Waals surface area contributed by atoms with Gasteiger partial charge in [-0.15, -0.1) is 0 Å². The molecule has 21 heavy (non-hydrogen) atoms. The first-order valence-corrected chi connectivity index (χ1v) is 6.66. The molecule has 0 bridgehead atoms. The summed E-state index contributed by atoms with van der Waals surface area (Å²) in [6.07, 6.45) is 0.0239. The summed E-state index contributed by atoms with van der Waals surface area (Å²) in [6.45, 7) is 0.401. The van der Waals surface area contributed by atoms with E-state index in [-0.39, 0.29) is 0 Å². The molecule has 3 rings (SSSR count). The first kappa shape index (κ1) is 13.2. The predicted molar refractivity (Wildman–Crippen MR) is 78.2 cm³/mol. The Labute approximate surface area is 121 Å². The van der Waals surface area contributed by atoms with Crippen LogP contribution in [0.3, 0.4) is 0 Å². The van der Waals surface area contributed by atoms with Crippen molar-refractivity contribution in [1.82, 2.24) is 10.3 Å². The van der Waals surface area contributed by atoms with Gasteiger partial charge in [-0.05, 0) is 24.3 Å². The Morgan fingerprint density at radius 3 is 2.67 bits per heavy atom. The van der Waals surface area contributed by atoms with Crippen LogP contribution in [0.4, 0.5) is 4.79 Å². The highest BCUT2D eigenvalue weighted by Crippen LogP contribution is 2.14. The molecule has 2 aromatic carbocycles. The smallest absolute Gasteiger partial charge is 0.412 e. The highest BCUT2D eigenvalue weighted by molar-refractivity contribution is 5.72. The molecule has 0 aliphatic carbocycles. The number of hydrogen-bond acceptors (Lipinski definition) is 4. The molecule has 1 N–H and O–H groups in total. The fourth-order valence-electron chi connectivity index (χ4n) is 1.93. The second kappa shape index (κ2) is 6.09. The molecule has 0 fully saturated rings. The number of fused-ring (bicyclic) bond motifs is 1. The van der Waals surface area contributed by atoms with Crippen molar-refractivity contribution in [2.45, 2.75) is 6.42 Å². The van der Waals surface area contributed by atoms with Crippen LogP contribution in [0.5, 0.6) is 5.75 Å². The number of para-hydroxylation sites is 3. The van der Waals surface area contributed by atoms with Gasteiger partial charge in [0.1, 0.15) is 11.3 Å². The van der Waals surface area contributed by atoms with E-state index in [2.05, 4.69) is 10.3 Å². The monoisotopic (exact) mass is 282 g/mol. The summed E-state index contributed by atoms with van der Waals surface area (Å²) in [7, 11) is 0. The molecule has 0 spiro atoms. The SMILES string of the molecule is O=C(NCCc1nc2ccccc2o1)Oc1ccccc1. The van der Waals surface area contributed by atoms with E-state index in [4.69, 9.17) is 9.15 Å². The number of aromatic nitrogens is 1. The molecule has 0 aliphatic heterocycles. The van der Waals surface area contributed by atoms with Crippen LogP contribution in [-0.4, -0.2) is 17.6 Å². The van der Waals surface area contributed by atoms with Gasteiger partial charge in [0.25, 0.3) is 0 Å². The van der Waals surface area contributed by atoms with Gasteiger partial charge >= 0.3 is 6.09 Å². The number of carbonyl (C=O) groups excluding carboxylic acids is 1. The Bertz CT molecular complexity index is 704. The molecule has 0 atom stereocenters. The maximum atomic E-state index is 11.6. The fraction of sp³-hybridized carbons (Fsp3) is 0.125. The summed E-state index contributed by atoms with van der Waals surface area (Å²) < 4.78 is 10.7. The van der Waals surface area contributed by atoms with Gasteiger partial charge in [-0.2, -0.15) is 0 Å². The summed E-state index contributed by atoms with van der Waals surface area (Å²) in [6, 6.07) is 16.5. The van der Waals surface area contributed by atoms with Crippen molar-refractivity contribution in [2.24, 2.45) is 0 Å². The molecule has 5 nitrogen and oxygen atoms in total. The van der Waals surface area contributed by atoms with E-state index in [0.29, 0.717) is 24.6 Å². The number of nitrogens with zero attached hydrogens (tertiary/aromatic N) is 1. The van der Waals surface area contributed by atoms with Crippen LogP contribution < -0.4 is 10.1 Å². The average Bonchev–Trinajstić information content (AvgIpc) is 2.91. The quantitative estimate of drug-likeness (QED) is 0.798. The van der Waals surface area contributed by atoms with Crippen LogP contribution in [0.2, 0.25) is 0 Å². The lowest BCUT2D eigenvalue weighted by atomic mass is 10.3. The van der Waals surface area contributed by atoms with Gasteiger partial charge in [0, 0.05) is 13.0 Å². The third kappa shape index (κ3) is 3.39. The minimum atomic E-state index is -0.489. The number of nitrogens with one attached hydrogen (secondary N) is 1. The normalized spacial score (nSPS) is 10.5. The van der Waals surface area contributed by atoms with Crippen molar-refractivity contribution in [3.63, 3.8) is 0 Å². The number of hydrogen-bond donors (Lipinski definition) is 1. The second-order valence-corrected chi connectivity index (χ2v) is 4.45. The zero-order chi connectivity index (χ0) is 14.5. The molecule has 0 radical (unpaired) electrons. The van der Waals surface area contributed by atoms with Gasteiger partial charge in [-0.3, -0.25) is 0 Å². The lowest BCUT2D eigenvalue weighted by Crippen LogP contribution is -2.28. The molecule has 106 valence electrons. The Kier molecular flexibility index (Phi) is 3.82. The van der Waals surface area contributed by atoms with Crippen LogP contribution in [0.1, 0.15) is 5.89 Å². The predicted octanol–water partition coefficient (Wildman–Crippen LogP) is 3.16. The maximum Gasteiger partial charge on any atom is 0.412 e. The van der Waals surface area contributed by atoms with E-state index >= 15 is 0 Å². The van der Waals surface area contributed by atoms with Gasteiger partial charge in [0.2, 0.25) is 0 Å². The Hall–Kier alpha value is -2.82. The van der Waals surface area contributed by atoms with Gasteiger partial charge in [-0.25, -0.2) is 9.78 Å². The molecule has 0 aliphatic rings. The van der Waals surface area contributed by atoms with Gasteiger partial charge in [0.15, 0.2) is 11.5 Å². The Balaban J connectivity index is 1.50. The summed E-state index contributed by atoms with van der Waals surface area (Å²) in [4.78, 5) is 15.9. The molecule has 0 unspecified atom stereocenters. The van der Waals surface area contributed by atoms with E-state index < -0.39 is 6.09 Å². The van der Waals surface area contributed by atoms with Crippen LogP contribution >= 0.6 is 0 Å². The molecule has 3 aromatic rings. The summed E-state index contributed by atoms with van der Waals surface area (Å²) in [5, 5.41) is 2.66. The third-order valence-electron chi connectivity index (χ3n) is 2.90. The minimum Gasteiger partial charge on any atom is -0.441 e. The lowest BCUT2D eigenvalue weighted by Gasteiger charge is -2.04. The van der Waals surface area contributed by atoms with E-state index in [0.717, 1.165) is 11.1 Å². The minimum absolute atomic E-state index is 0.401. The van der Waals surface area contributed by atoms with E-state index in [9.17, 15) is 4.79 Å². The molecular weight excluding hydrogens is 268 g/mol. The van der Waals surface area contributed by atoms with Gasteiger partial charge < -0.3 is 14.5 Å². The van der Waals surface area contributed by atoms with E-state index in [1.165, 1.54) is 0 Å². The molecule has 1 heterocycles. The number of benzene rings is 2. The standard InChI is InChI=1S/C16H14N2O3/c19-16(20-12-6-2-1-3-7-12)17-11-10-15-18-13-8-4-5-9-14(13)21-15/h1-9H,10-11H2,(H,17,19). The van der Waals surface area contributed by atoms with Crippen molar-refractivity contribution in [3.05, 3.63) is 60.5 Å². The number of oxazole rings is 1. The molecule has 1 aromatic heterocycles. The number of rotatable bonds is 4. The first-order chi connectivity index (χ1) is 10.3. The number of carbonyl (C=O) groups is 1. The molecule has 5 heteroatoms. The lowest BCUT2D eigenvalue weighted by molar-refractivity contribution is 0.200. The highest BCUT2D eigenvalue weighted by Gasteiger charge is 2.07. The zero-order valence-corrected chi connectivity index (χ0v) is 11.3. The van der Waals surface area contributed by atoms with Crippen molar-refractivity contribution in [3.8, 4) is 5.75 Å².